The van der Waals surface area contributed by atoms with E-state index < -0.39 is 6.10 Å². The molecule has 1 N–H and O–H groups in total. The highest BCUT2D eigenvalue weighted by atomic mass is 16.3. The van der Waals surface area contributed by atoms with Crippen molar-refractivity contribution in [2.45, 2.75) is 58.0 Å². The van der Waals surface area contributed by atoms with Gasteiger partial charge in [-0.1, -0.05) is 62.7 Å². The Labute approximate surface area is 112 Å². The number of hydrogen-bond donors (Lipinski definition) is 1. The number of aliphatic hydroxyl groups excluding tert-OH is 1. The van der Waals surface area contributed by atoms with Crippen LogP contribution in [0.3, 0.4) is 0 Å². The molecule has 1 nitrogen and oxygen atoms in total. The van der Waals surface area contributed by atoms with E-state index in [2.05, 4.69) is 37.5 Å². The Morgan fingerprint density at radius 3 is 2.67 bits per heavy atom. The van der Waals surface area contributed by atoms with Crippen molar-refractivity contribution in [2.24, 2.45) is 0 Å². The van der Waals surface area contributed by atoms with Crippen molar-refractivity contribution in [2.75, 3.05) is 0 Å². The highest BCUT2D eigenvalue weighted by molar-refractivity contribution is 5.19. The summed E-state index contributed by atoms with van der Waals surface area (Å²) in [5.74, 6) is 5.89. The fourth-order valence-electron chi connectivity index (χ4n) is 1.47. The summed E-state index contributed by atoms with van der Waals surface area (Å²) >= 11 is 0. The van der Waals surface area contributed by atoms with Crippen LogP contribution in [0.1, 0.15) is 51.9 Å². The van der Waals surface area contributed by atoms with E-state index in [4.69, 9.17) is 5.11 Å². The van der Waals surface area contributed by atoms with Gasteiger partial charge in [-0.25, -0.2) is 0 Å². The summed E-state index contributed by atoms with van der Waals surface area (Å²) < 4.78 is 0. The zero-order valence-corrected chi connectivity index (χ0v) is 11.6. The van der Waals surface area contributed by atoms with Gasteiger partial charge in [-0.2, -0.15) is 0 Å². The highest BCUT2D eigenvalue weighted by Crippen LogP contribution is 2.05. The molecule has 1 heteroatoms. The van der Waals surface area contributed by atoms with Gasteiger partial charge in [0.05, 0.1) is 6.10 Å². The molecule has 0 radical (unpaired) electrons. The third kappa shape index (κ3) is 12.8. The molecule has 100 valence electrons. The Hall–Kier alpha value is -1.26. The molecular weight excluding hydrogens is 220 g/mol. The standard InChI is InChI=1S/C17H26O/c1-3-5-6-7-8-9-10-11-12-13-14-15-16-17(18)4-2/h4,10-11,15-18H,2-3,5-9,12H2,1H3/b11-10-,16-15+/t17-/m0/s1. The number of aliphatic hydroxyl groups is 1. The van der Waals surface area contributed by atoms with E-state index in [0.717, 1.165) is 12.8 Å². The number of allylic oxidation sites excluding steroid dienone is 3. The topological polar surface area (TPSA) is 20.2 Å². The average Bonchev–Trinajstić information content (AvgIpc) is 2.39. The van der Waals surface area contributed by atoms with Gasteiger partial charge in [0.25, 0.3) is 0 Å². The van der Waals surface area contributed by atoms with E-state index >= 15 is 0 Å². The van der Waals surface area contributed by atoms with Gasteiger partial charge in [0.15, 0.2) is 0 Å². The van der Waals surface area contributed by atoms with Gasteiger partial charge in [0.1, 0.15) is 0 Å². The van der Waals surface area contributed by atoms with E-state index in [-0.39, 0.29) is 0 Å². The van der Waals surface area contributed by atoms with Gasteiger partial charge in [-0.15, -0.1) is 6.58 Å². The maximum Gasteiger partial charge on any atom is 0.0909 e. The normalized spacial score (nSPS) is 12.6. The molecule has 0 fully saturated rings. The molecule has 0 saturated heterocycles. The van der Waals surface area contributed by atoms with Gasteiger partial charge in [0, 0.05) is 6.42 Å². The van der Waals surface area contributed by atoms with E-state index in [0.29, 0.717) is 0 Å². The Morgan fingerprint density at radius 2 is 1.94 bits per heavy atom. The second-order valence-corrected chi connectivity index (χ2v) is 4.28. The largest absolute Gasteiger partial charge is 0.385 e. The van der Waals surface area contributed by atoms with Crippen molar-refractivity contribution < 1.29 is 5.11 Å². The first kappa shape index (κ1) is 16.7. The number of unbranched alkanes of at least 4 members (excludes halogenated alkanes) is 5. The van der Waals surface area contributed by atoms with Crippen LogP contribution in [0.2, 0.25) is 0 Å². The predicted molar refractivity (Wildman–Crippen MR) is 80.3 cm³/mol. The smallest absolute Gasteiger partial charge is 0.0909 e. The van der Waals surface area contributed by atoms with Crippen molar-refractivity contribution in [1.29, 1.82) is 0 Å². The molecule has 0 amide bonds. The summed E-state index contributed by atoms with van der Waals surface area (Å²) in [6.07, 6.45) is 17.1. The first-order valence-corrected chi connectivity index (χ1v) is 6.92. The zero-order chi connectivity index (χ0) is 13.5. The summed E-state index contributed by atoms with van der Waals surface area (Å²) in [6, 6.07) is 0. The SMILES string of the molecule is C=C[C@H](O)/C=C/C#CC/C=C\CCCCCCC. The van der Waals surface area contributed by atoms with Crippen molar-refractivity contribution in [1.82, 2.24) is 0 Å². The van der Waals surface area contributed by atoms with Gasteiger partial charge >= 0.3 is 0 Å². The molecular formula is C17H26O. The van der Waals surface area contributed by atoms with Crippen molar-refractivity contribution in [3.63, 3.8) is 0 Å². The van der Waals surface area contributed by atoms with Gasteiger partial charge in [-0.3, -0.25) is 0 Å². The van der Waals surface area contributed by atoms with Crippen LogP contribution in [-0.4, -0.2) is 11.2 Å². The summed E-state index contributed by atoms with van der Waals surface area (Å²) in [5.41, 5.74) is 0. The van der Waals surface area contributed by atoms with Gasteiger partial charge < -0.3 is 5.11 Å². The molecule has 0 aromatic heterocycles. The molecule has 0 heterocycles. The van der Waals surface area contributed by atoms with E-state index in [1.54, 1.807) is 12.2 Å². The molecule has 0 aliphatic carbocycles. The van der Waals surface area contributed by atoms with Crippen LogP contribution in [0.15, 0.2) is 37.0 Å². The molecule has 0 aromatic carbocycles. The molecule has 0 aliphatic rings. The summed E-state index contributed by atoms with van der Waals surface area (Å²) in [5, 5.41) is 9.13. The fourth-order valence-corrected chi connectivity index (χ4v) is 1.47. The van der Waals surface area contributed by atoms with Crippen molar-refractivity contribution in [3.8, 4) is 11.8 Å². The summed E-state index contributed by atoms with van der Waals surface area (Å²) in [7, 11) is 0. The minimum atomic E-state index is -0.585. The summed E-state index contributed by atoms with van der Waals surface area (Å²) in [4.78, 5) is 0. The van der Waals surface area contributed by atoms with Crippen molar-refractivity contribution >= 4 is 0 Å². The predicted octanol–water partition coefficient (Wildman–Crippen LogP) is 4.40. The fraction of sp³-hybridized carbons (Fsp3) is 0.529. The molecule has 0 bridgehead atoms. The van der Waals surface area contributed by atoms with E-state index in [1.807, 2.05) is 0 Å². The lowest BCUT2D eigenvalue weighted by Gasteiger charge is -1.95. The molecule has 0 unspecified atom stereocenters. The maximum absolute atomic E-state index is 9.13. The first-order valence-electron chi connectivity index (χ1n) is 6.92. The molecule has 18 heavy (non-hydrogen) atoms. The van der Waals surface area contributed by atoms with Crippen LogP contribution in [0.25, 0.3) is 0 Å². The monoisotopic (exact) mass is 246 g/mol. The lowest BCUT2D eigenvalue weighted by Crippen LogP contribution is -1.93. The van der Waals surface area contributed by atoms with Crippen LogP contribution in [0, 0.1) is 11.8 Å². The lowest BCUT2D eigenvalue weighted by molar-refractivity contribution is 0.272. The highest BCUT2D eigenvalue weighted by Gasteiger charge is 1.86. The van der Waals surface area contributed by atoms with E-state index in [9.17, 15) is 0 Å². The third-order valence-electron chi connectivity index (χ3n) is 2.58. The van der Waals surface area contributed by atoms with E-state index in [1.165, 1.54) is 38.2 Å². The van der Waals surface area contributed by atoms with Crippen LogP contribution in [-0.2, 0) is 0 Å². The minimum absolute atomic E-state index is 0.585. The maximum atomic E-state index is 9.13. The second kappa shape index (κ2) is 13.8. The Morgan fingerprint density at radius 1 is 1.17 bits per heavy atom. The lowest BCUT2D eigenvalue weighted by atomic mass is 10.1. The van der Waals surface area contributed by atoms with Crippen LogP contribution in [0.4, 0.5) is 0 Å². The Bertz CT molecular complexity index is 301. The minimum Gasteiger partial charge on any atom is -0.385 e. The Kier molecular flexibility index (Phi) is 12.8. The number of rotatable bonds is 9. The van der Waals surface area contributed by atoms with Crippen LogP contribution >= 0.6 is 0 Å². The molecule has 1 atom stereocenters. The molecule has 0 spiro atoms. The van der Waals surface area contributed by atoms with Crippen LogP contribution in [0.5, 0.6) is 0 Å². The van der Waals surface area contributed by atoms with Crippen molar-refractivity contribution in [3.05, 3.63) is 37.0 Å². The second-order valence-electron chi connectivity index (χ2n) is 4.28. The Balaban J connectivity index is 3.45. The third-order valence-corrected chi connectivity index (χ3v) is 2.58. The number of hydrogen-bond acceptors (Lipinski definition) is 1. The quantitative estimate of drug-likeness (QED) is 0.363. The van der Waals surface area contributed by atoms with Gasteiger partial charge in [-0.05, 0) is 25.0 Å². The molecule has 0 aliphatic heterocycles. The van der Waals surface area contributed by atoms with Crippen LogP contribution < -0.4 is 0 Å². The molecule has 0 rings (SSSR count). The average molecular weight is 246 g/mol. The van der Waals surface area contributed by atoms with Gasteiger partial charge in [0.2, 0.25) is 0 Å². The molecule has 0 saturated carbocycles. The zero-order valence-electron chi connectivity index (χ0n) is 11.6. The molecule has 0 aromatic rings. The first-order chi connectivity index (χ1) is 8.81. The summed E-state index contributed by atoms with van der Waals surface area (Å²) in [6.45, 7) is 5.71.